The molecular weight excluding hydrogens is 216 g/mol. The van der Waals surface area contributed by atoms with Crippen LogP contribution in [-0.4, -0.2) is 35.3 Å². The predicted octanol–water partition coefficient (Wildman–Crippen LogP) is 1.58. The van der Waals surface area contributed by atoms with Crippen molar-refractivity contribution in [3.05, 3.63) is 0 Å². The summed E-state index contributed by atoms with van der Waals surface area (Å²) in [5.74, 6) is 0.0768. The Hall–Kier alpha value is -0.770. The number of piperidine rings is 1. The molecule has 1 aliphatic heterocycles. The highest BCUT2D eigenvalue weighted by molar-refractivity contribution is 6.31. The third kappa shape index (κ3) is 3.70. The number of carbonyl (C=O) groups is 2. The summed E-state index contributed by atoms with van der Waals surface area (Å²) in [6, 6.07) is -0.320. The quantitative estimate of drug-likeness (QED) is 0.698. The Labute approximate surface area is 95.0 Å². The van der Waals surface area contributed by atoms with E-state index in [1.54, 1.807) is 11.8 Å². The Morgan fingerprint density at radius 3 is 2.73 bits per heavy atom. The third-order valence-electron chi connectivity index (χ3n) is 2.54. The average Bonchev–Trinajstić information content (AvgIpc) is 2.17. The van der Waals surface area contributed by atoms with Crippen LogP contribution >= 0.6 is 11.6 Å². The predicted molar refractivity (Wildman–Crippen MR) is 58.8 cm³/mol. The second-order valence-corrected chi connectivity index (χ2v) is 4.76. The highest BCUT2D eigenvalue weighted by Crippen LogP contribution is 2.15. The maximum absolute atomic E-state index is 11.6. The van der Waals surface area contributed by atoms with Crippen molar-refractivity contribution in [3.8, 4) is 0 Å². The van der Waals surface area contributed by atoms with Gasteiger partial charge >= 0.3 is 6.03 Å². The molecule has 1 N–H and O–H groups in total. The lowest BCUT2D eigenvalue weighted by molar-refractivity contribution is -0.119. The van der Waals surface area contributed by atoms with Crippen molar-refractivity contribution < 1.29 is 9.59 Å². The molecule has 86 valence electrons. The molecule has 0 aromatic rings. The molecule has 0 bridgehead atoms. The fourth-order valence-electron chi connectivity index (χ4n) is 1.66. The molecule has 0 aromatic heterocycles. The van der Waals surface area contributed by atoms with Crippen LogP contribution < -0.4 is 5.32 Å². The minimum Gasteiger partial charge on any atom is -0.324 e. The zero-order valence-corrected chi connectivity index (χ0v) is 9.88. The van der Waals surface area contributed by atoms with Gasteiger partial charge in [0.15, 0.2) is 0 Å². The molecular formula is C10H17ClN2O2. The van der Waals surface area contributed by atoms with Crippen molar-refractivity contribution in [2.75, 3.05) is 13.1 Å². The Bertz CT molecular complexity index is 256. The van der Waals surface area contributed by atoms with Crippen LogP contribution in [0, 0.1) is 5.92 Å². The van der Waals surface area contributed by atoms with Gasteiger partial charge in [0.05, 0.1) is 0 Å². The summed E-state index contributed by atoms with van der Waals surface area (Å²) in [4.78, 5) is 24.5. The van der Waals surface area contributed by atoms with Crippen molar-refractivity contribution >= 4 is 23.5 Å². The molecule has 4 nitrogen and oxygen atoms in total. The number of nitrogens with one attached hydrogen (secondary N) is 1. The maximum Gasteiger partial charge on any atom is 0.324 e. The van der Waals surface area contributed by atoms with Crippen LogP contribution in [0.2, 0.25) is 0 Å². The molecule has 5 heteroatoms. The zero-order valence-electron chi connectivity index (χ0n) is 9.12. The third-order valence-corrected chi connectivity index (χ3v) is 2.73. The van der Waals surface area contributed by atoms with E-state index in [1.165, 1.54) is 0 Å². The Morgan fingerprint density at radius 2 is 2.20 bits per heavy atom. The number of rotatable bonds is 1. The standard InChI is InChI=1S/C10H17ClN2O2/c1-7-4-3-5-13(6-7)10(15)12-9(14)8(2)11/h7-8H,3-6H2,1-2H3,(H,12,14,15). The number of nitrogens with zero attached hydrogens (tertiary/aromatic N) is 1. The first-order valence-electron chi connectivity index (χ1n) is 5.24. The second-order valence-electron chi connectivity index (χ2n) is 4.10. The number of hydrogen-bond acceptors (Lipinski definition) is 2. The first kappa shape index (κ1) is 12.3. The minimum absolute atomic E-state index is 0.320. The van der Waals surface area contributed by atoms with Gasteiger partial charge in [-0.15, -0.1) is 11.6 Å². The van der Waals surface area contributed by atoms with Gasteiger partial charge in [-0.25, -0.2) is 4.79 Å². The molecule has 0 spiro atoms. The highest BCUT2D eigenvalue weighted by Gasteiger charge is 2.23. The van der Waals surface area contributed by atoms with Gasteiger partial charge in [0, 0.05) is 13.1 Å². The summed E-state index contributed by atoms with van der Waals surface area (Å²) in [6.07, 6.45) is 2.14. The molecule has 1 aliphatic rings. The zero-order chi connectivity index (χ0) is 11.4. The molecule has 15 heavy (non-hydrogen) atoms. The fourth-order valence-corrected chi connectivity index (χ4v) is 1.71. The van der Waals surface area contributed by atoms with Crippen LogP contribution in [0.5, 0.6) is 0 Å². The first-order valence-corrected chi connectivity index (χ1v) is 5.68. The van der Waals surface area contributed by atoms with Gasteiger partial charge < -0.3 is 4.90 Å². The molecule has 0 aliphatic carbocycles. The Morgan fingerprint density at radius 1 is 1.53 bits per heavy atom. The lowest BCUT2D eigenvalue weighted by atomic mass is 10.0. The van der Waals surface area contributed by atoms with E-state index in [2.05, 4.69) is 12.2 Å². The van der Waals surface area contributed by atoms with Gasteiger partial charge in [0.2, 0.25) is 5.91 Å². The van der Waals surface area contributed by atoms with Crippen LogP contribution in [0.1, 0.15) is 26.7 Å². The Balaban J connectivity index is 2.42. The molecule has 1 heterocycles. The smallest absolute Gasteiger partial charge is 0.324 e. The van der Waals surface area contributed by atoms with Crippen molar-refractivity contribution in [1.29, 1.82) is 0 Å². The number of likely N-dealkylation sites (tertiary alicyclic amines) is 1. The Kier molecular flexibility index (Phi) is 4.39. The van der Waals surface area contributed by atoms with Crippen molar-refractivity contribution in [2.24, 2.45) is 5.92 Å². The summed E-state index contributed by atoms with van der Waals surface area (Å²) in [5.41, 5.74) is 0. The number of halogens is 1. The largest absolute Gasteiger partial charge is 0.324 e. The van der Waals surface area contributed by atoms with Crippen molar-refractivity contribution in [2.45, 2.75) is 32.1 Å². The van der Waals surface area contributed by atoms with E-state index in [4.69, 9.17) is 11.6 Å². The topological polar surface area (TPSA) is 49.4 Å². The fraction of sp³-hybridized carbons (Fsp3) is 0.800. The second kappa shape index (κ2) is 5.35. The summed E-state index contributed by atoms with van der Waals surface area (Å²) in [7, 11) is 0. The number of imide groups is 1. The van der Waals surface area contributed by atoms with Gasteiger partial charge in [-0.1, -0.05) is 6.92 Å². The summed E-state index contributed by atoms with van der Waals surface area (Å²) < 4.78 is 0. The molecule has 1 saturated heterocycles. The van der Waals surface area contributed by atoms with Crippen LogP contribution in [-0.2, 0) is 4.79 Å². The lowest BCUT2D eigenvalue weighted by Gasteiger charge is -2.30. The number of urea groups is 1. The lowest BCUT2D eigenvalue weighted by Crippen LogP contribution is -2.48. The van der Waals surface area contributed by atoms with E-state index in [0.29, 0.717) is 5.92 Å². The molecule has 2 unspecified atom stereocenters. The van der Waals surface area contributed by atoms with Crippen molar-refractivity contribution in [1.82, 2.24) is 10.2 Å². The summed E-state index contributed by atoms with van der Waals surface area (Å²) in [5, 5.41) is 1.62. The summed E-state index contributed by atoms with van der Waals surface area (Å²) >= 11 is 5.56. The average molecular weight is 233 g/mol. The SMILES string of the molecule is CC1CCCN(C(=O)NC(=O)C(C)Cl)C1. The molecule has 2 atom stereocenters. The molecule has 1 rings (SSSR count). The number of alkyl halides is 1. The molecule has 3 amide bonds. The van der Waals surface area contributed by atoms with Gasteiger partial charge in [0.1, 0.15) is 5.38 Å². The van der Waals surface area contributed by atoms with Crippen molar-refractivity contribution in [3.63, 3.8) is 0 Å². The van der Waals surface area contributed by atoms with Gasteiger partial charge in [0.25, 0.3) is 0 Å². The number of amides is 3. The van der Waals surface area contributed by atoms with Crippen LogP contribution in [0.4, 0.5) is 4.79 Å². The molecule has 1 fully saturated rings. The molecule has 0 saturated carbocycles. The van der Waals surface area contributed by atoms with Gasteiger partial charge in [-0.2, -0.15) is 0 Å². The molecule has 0 aromatic carbocycles. The van der Waals surface area contributed by atoms with E-state index in [1.807, 2.05) is 0 Å². The minimum atomic E-state index is -0.670. The van der Waals surface area contributed by atoms with Crippen LogP contribution in [0.3, 0.4) is 0 Å². The van der Waals surface area contributed by atoms with Crippen LogP contribution in [0.15, 0.2) is 0 Å². The maximum atomic E-state index is 11.6. The molecule has 0 radical (unpaired) electrons. The first-order chi connectivity index (χ1) is 7.00. The van der Waals surface area contributed by atoms with Crippen LogP contribution in [0.25, 0.3) is 0 Å². The monoisotopic (exact) mass is 232 g/mol. The normalized spacial score (nSPS) is 23.4. The van der Waals surface area contributed by atoms with E-state index < -0.39 is 11.3 Å². The van der Waals surface area contributed by atoms with E-state index in [-0.39, 0.29) is 6.03 Å². The van der Waals surface area contributed by atoms with Gasteiger partial charge in [-0.3, -0.25) is 10.1 Å². The highest BCUT2D eigenvalue weighted by atomic mass is 35.5. The number of hydrogen-bond donors (Lipinski definition) is 1. The van der Waals surface area contributed by atoms with E-state index in [9.17, 15) is 9.59 Å². The van der Waals surface area contributed by atoms with Gasteiger partial charge in [-0.05, 0) is 25.7 Å². The van der Waals surface area contributed by atoms with E-state index in [0.717, 1.165) is 25.9 Å². The number of carbonyl (C=O) groups excluding carboxylic acids is 2. The van der Waals surface area contributed by atoms with E-state index >= 15 is 0 Å². The summed E-state index contributed by atoms with van der Waals surface area (Å²) in [6.45, 7) is 5.09.